The van der Waals surface area contributed by atoms with E-state index in [9.17, 15) is 4.79 Å². The lowest BCUT2D eigenvalue weighted by atomic mass is 10.1. The number of rotatable bonds is 4. The zero-order chi connectivity index (χ0) is 14.5. The second-order valence-corrected chi connectivity index (χ2v) is 5.66. The van der Waals surface area contributed by atoms with Crippen LogP contribution in [-0.4, -0.2) is 42.2 Å². The largest absolute Gasteiger partial charge is 0.381 e. The zero-order valence-electron chi connectivity index (χ0n) is 12.3. The number of anilines is 1. The third-order valence-corrected chi connectivity index (χ3v) is 4.09. The molecule has 21 heavy (non-hydrogen) atoms. The van der Waals surface area contributed by atoms with E-state index >= 15 is 0 Å². The van der Waals surface area contributed by atoms with Gasteiger partial charge in [-0.15, -0.1) is 0 Å². The lowest BCUT2D eigenvalue weighted by Gasteiger charge is -2.27. The Morgan fingerprint density at radius 2 is 2.24 bits per heavy atom. The molecule has 0 spiro atoms. The summed E-state index contributed by atoms with van der Waals surface area (Å²) in [6.07, 6.45) is 6.32. The molecule has 6 nitrogen and oxygen atoms in total. The van der Waals surface area contributed by atoms with Crippen molar-refractivity contribution >= 4 is 11.7 Å². The zero-order valence-corrected chi connectivity index (χ0v) is 12.3. The van der Waals surface area contributed by atoms with E-state index in [1.54, 1.807) is 6.20 Å². The van der Waals surface area contributed by atoms with Gasteiger partial charge in [0, 0.05) is 25.9 Å². The van der Waals surface area contributed by atoms with Crippen molar-refractivity contribution in [3.63, 3.8) is 0 Å². The molecule has 1 N–H and O–H groups in total. The molecule has 1 atom stereocenters. The van der Waals surface area contributed by atoms with E-state index in [1.165, 1.54) is 19.3 Å². The molecule has 0 aromatic carbocycles. The Bertz CT molecular complexity index is 482. The first-order chi connectivity index (χ1) is 10.3. The van der Waals surface area contributed by atoms with Crippen LogP contribution >= 0.6 is 0 Å². The van der Waals surface area contributed by atoms with E-state index < -0.39 is 0 Å². The van der Waals surface area contributed by atoms with Gasteiger partial charge in [-0.1, -0.05) is 0 Å². The lowest BCUT2D eigenvalue weighted by Crippen LogP contribution is -2.32. The molecule has 2 fully saturated rings. The molecule has 114 valence electrons. The van der Waals surface area contributed by atoms with Crippen molar-refractivity contribution in [2.45, 2.75) is 32.2 Å². The van der Waals surface area contributed by atoms with E-state index in [2.05, 4.69) is 20.2 Å². The Morgan fingerprint density at radius 3 is 3.00 bits per heavy atom. The summed E-state index contributed by atoms with van der Waals surface area (Å²) in [5.74, 6) is 1.67. The average molecular weight is 290 g/mol. The van der Waals surface area contributed by atoms with Crippen molar-refractivity contribution in [1.29, 1.82) is 0 Å². The van der Waals surface area contributed by atoms with Gasteiger partial charge in [0.1, 0.15) is 11.6 Å². The minimum atomic E-state index is -0.0183. The number of ether oxygens (including phenoxy) is 1. The molecule has 2 aliphatic rings. The maximum Gasteiger partial charge on any atom is 0.225 e. The highest BCUT2D eigenvalue weighted by Crippen LogP contribution is 2.17. The first-order valence-electron chi connectivity index (χ1n) is 7.75. The van der Waals surface area contributed by atoms with Crippen LogP contribution in [0.4, 0.5) is 5.82 Å². The van der Waals surface area contributed by atoms with Crippen molar-refractivity contribution in [2.75, 3.05) is 31.2 Å². The molecule has 3 heterocycles. The third-order valence-electron chi connectivity index (χ3n) is 4.09. The maximum atomic E-state index is 11.9. The van der Waals surface area contributed by atoms with Crippen LogP contribution in [0.2, 0.25) is 0 Å². The molecule has 1 aromatic heterocycles. The molecule has 3 rings (SSSR count). The molecule has 1 aromatic rings. The molecular formula is C15H22N4O2. The second kappa shape index (κ2) is 6.85. The van der Waals surface area contributed by atoms with Crippen molar-refractivity contribution in [3.8, 4) is 0 Å². The van der Waals surface area contributed by atoms with Gasteiger partial charge >= 0.3 is 0 Å². The normalized spacial score (nSPS) is 22.3. The fourth-order valence-electron chi connectivity index (χ4n) is 2.82. The molecule has 1 amide bonds. The number of piperidine rings is 1. The molecule has 0 aliphatic carbocycles. The van der Waals surface area contributed by atoms with Crippen LogP contribution < -0.4 is 10.2 Å². The first-order valence-corrected chi connectivity index (χ1v) is 7.75. The lowest BCUT2D eigenvalue weighted by molar-refractivity contribution is -0.125. The number of carbonyl (C=O) groups is 1. The second-order valence-electron chi connectivity index (χ2n) is 5.66. The topological polar surface area (TPSA) is 67.4 Å². The molecule has 1 unspecified atom stereocenters. The van der Waals surface area contributed by atoms with E-state index in [-0.39, 0.29) is 11.8 Å². The smallest absolute Gasteiger partial charge is 0.225 e. The highest BCUT2D eigenvalue weighted by molar-refractivity contribution is 5.78. The fraction of sp³-hybridized carbons (Fsp3) is 0.667. The van der Waals surface area contributed by atoms with Gasteiger partial charge in [-0.2, -0.15) is 0 Å². The van der Waals surface area contributed by atoms with Gasteiger partial charge in [0.05, 0.1) is 19.1 Å². The summed E-state index contributed by atoms with van der Waals surface area (Å²) in [6.45, 7) is 3.71. The summed E-state index contributed by atoms with van der Waals surface area (Å²) >= 11 is 0. The summed E-state index contributed by atoms with van der Waals surface area (Å²) in [5, 5.41) is 2.91. The molecular weight excluding hydrogens is 268 g/mol. The van der Waals surface area contributed by atoms with Crippen LogP contribution in [-0.2, 0) is 16.1 Å². The van der Waals surface area contributed by atoms with E-state index in [0.717, 1.165) is 25.3 Å². The van der Waals surface area contributed by atoms with Crippen molar-refractivity contribution in [3.05, 3.63) is 18.1 Å². The maximum absolute atomic E-state index is 11.9. The van der Waals surface area contributed by atoms with Crippen LogP contribution in [0.15, 0.2) is 12.3 Å². The van der Waals surface area contributed by atoms with Gasteiger partial charge < -0.3 is 15.0 Å². The van der Waals surface area contributed by atoms with Crippen LogP contribution in [0.1, 0.15) is 31.5 Å². The van der Waals surface area contributed by atoms with E-state index in [1.807, 2.05) is 6.07 Å². The Hall–Kier alpha value is -1.69. The van der Waals surface area contributed by atoms with Gasteiger partial charge in [0.2, 0.25) is 5.91 Å². The molecule has 6 heteroatoms. The fourth-order valence-corrected chi connectivity index (χ4v) is 2.82. The summed E-state index contributed by atoms with van der Waals surface area (Å²) in [4.78, 5) is 23.1. The van der Waals surface area contributed by atoms with E-state index in [0.29, 0.717) is 25.6 Å². The number of amides is 1. The van der Waals surface area contributed by atoms with Gasteiger partial charge in [-0.25, -0.2) is 9.97 Å². The van der Waals surface area contributed by atoms with Crippen LogP contribution in [0.3, 0.4) is 0 Å². The number of carbonyl (C=O) groups excluding carboxylic acids is 1. The quantitative estimate of drug-likeness (QED) is 0.900. The standard InChI is InChI=1S/C15H22N4O2/c20-15(12-5-9-21-11-12)17-10-13-16-6-4-14(18-13)19-7-2-1-3-8-19/h4,6,12H,1-3,5,7-11H2,(H,17,20). The molecule has 2 saturated heterocycles. The monoisotopic (exact) mass is 290 g/mol. The van der Waals surface area contributed by atoms with Crippen molar-refractivity contribution in [2.24, 2.45) is 5.92 Å². The minimum Gasteiger partial charge on any atom is -0.381 e. The minimum absolute atomic E-state index is 0.0183. The number of nitrogens with zero attached hydrogens (tertiary/aromatic N) is 3. The van der Waals surface area contributed by atoms with Crippen molar-refractivity contribution in [1.82, 2.24) is 15.3 Å². The van der Waals surface area contributed by atoms with Gasteiger partial charge in [0.25, 0.3) is 0 Å². The molecule has 2 aliphatic heterocycles. The molecule has 0 bridgehead atoms. The predicted molar refractivity (Wildman–Crippen MR) is 78.9 cm³/mol. The highest BCUT2D eigenvalue weighted by Gasteiger charge is 2.23. The first kappa shape index (κ1) is 14.3. The van der Waals surface area contributed by atoms with E-state index in [4.69, 9.17) is 4.74 Å². The molecule has 0 radical (unpaired) electrons. The Labute approximate surface area is 124 Å². The summed E-state index contributed by atoms with van der Waals surface area (Å²) in [7, 11) is 0. The van der Waals surface area contributed by atoms with Crippen molar-refractivity contribution < 1.29 is 9.53 Å². The Morgan fingerprint density at radius 1 is 1.38 bits per heavy atom. The summed E-state index contributed by atoms with van der Waals surface area (Å²) in [5.41, 5.74) is 0. The Kier molecular flexibility index (Phi) is 4.65. The predicted octanol–water partition coefficient (Wildman–Crippen LogP) is 1.12. The van der Waals surface area contributed by atoms with Gasteiger partial charge in [-0.05, 0) is 31.7 Å². The number of hydrogen-bond donors (Lipinski definition) is 1. The number of aromatic nitrogens is 2. The average Bonchev–Trinajstić information content (AvgIpc) is 3.08. The SMILES string of the molecule is O=C(NCc1nccc(N2CCCCC2)n1)C1CCOC1. The molecule has 0 saturated carbocycles. The van der Waals surface area contributed by atoms with Crippen LogP contribution in [0.25, 0.3) is 0 Å². The van der Waals surface area contributed by atoms with Gasteiger partial charge in [0.15, 0.2) is 0 Å². The Balaban J connectivity index is 1.56. The highest BCUT2D eigenvalue weighted by atomic mass is 16.5. The van der Waals surface area contributed by atoms with Crippen LogP contribution in [0.5, 0.6) is 0 Å². The van der Waals surface area contributed by atoms with Gasteiger partial charge in [-0.3, -0.25) is 4.79 Å². The summed E-state index contributed by atoms with van der Waals surface area (Å²) < 4.78 is 5.23. The van der Waals surface area contributed by atoms with Crippen LogP contribution in [0, 0.1) is 5.92 Å². The third kappa shape index (κ3) is 3.69. The number of hydrogen-bond acceptors (Lipinski definition) is 5. The summed E-state index contributed by atoms with van der Waals surface area (Å²) in [6, 6.07) is 1.95. The number of nitrogens with one attached hydrogen (secondary N) is 1.